The second kappa shape index (κ2) is 7.05. The quantitative estimate of drug-likeness (QED) is 0.429. The molecule has 0 N–H and O–H groups in total. The van der Waals surface area contributed by atoms with E-state index in [0.717, 1.165) is 11.8 Å². The van der Waals surface area contributed by atoms with E-state index >= 15 is 0 Å². The van der Waals surface area contributed by atoms with E-state index in [9.17, 15) is 21.6 Å². The molecule has 0 spiro atoms. The maximum Gasteiger partial charge on any atom is 0.534 e. The lowest BCUT2D eigenvalue weighted by molar-refractivity contribution is -0.0501. The van der Waals surface area contributed by atoms with Gasteiger partial charge in [-0.1, -0.05) is 11.6 Å². The predicted molar refractivity (Wildman–Crippen MR) is 93.3 cm³/mol. The molecule has 7 nitrogen and oxygen atoms in total. The van der Waals surface area contributed by atoms with Crippen LogP contribution in [0.15, 0.2) is 18.3 Å². The molecule has 0 saturated carbocycles. The Morgan fingerprint density at radius 3 is 2.56 bits per heavy atom. The van der Waals surface area contributed by atoms with E-state index in [0.29, 0.717) is 31.1 Å². The summed E-state index contributed by atoms with van der Waals surface area (Å²) >= 11 is 6.06. The van der Waals surface area contributed by atoms with Crippen LogP contribution in [0.25, 0.3) is 11.0 Å². The lowest BCUT2D eigenvalue weighted by atomic mass is 9.45. The van der Waals surface area contributed by atoms with Crippen LogP contribution in [-0.4, -0.2) is 43.7 Å². The number of anilines is 1. The van der Waals surface area contributed by atoms with Crippen LogP contribution in [0.5, 0.6) is 5.88 Å². The first-order valence-corrected chi connectivity index (χ1v) is 9.51. The third-order valence-corrected chi connectivity index (χ3v) is 5.37. The molecule has 0 aromatic carbocycles. The molecule has 0 atom stereocenters. The standard InChI is InChI=1S/C14H11BClF3N4O3S/c16-11-6-12(26-27(24,25)14(17,18)19)22-13-10(11)5-9(7-21-13)23-3-1-15(8-20)2-4-23/h5-7H,1-4H2. The second-order valence-corrected chi connectivity index (χ2v) is 7.83. The molecular weight excluding hydrogens is 408 g/mol. The minimum Gasteiger partial charge on any atom is -0.372 e. The summed E-state index contributed by atoms with van der Waals surface area (Å²) in [6.45, 7) is 1.32. The molecule has 1 aliphatic heterocycles. The molecule has 1 fully saturated rings. The first-order valence-electron chi connectivity index (χ1n) is 7.72. The second-order valence-electron chi connectivity index (χ2n) is 5.88. The van der Waals surface area contributed by atoms with E-state index in [4.69, 9.17) is 16.9 Å². The minimum atomic E-state index is -5.85. The number of nitriles is 1. The first kappa shape index (κ1) is 19.5. The van der Waals surface area contributed by atoms with Crippen LogP contribution in [0.4, 0.5) is 18.9 Å². The first-order chi connectivity index (χ1) is 12.6. The highest BCUT2D eigenvalue weighted by Gasteiger charge is 2.49. The van der Waals surface area contributed by atoms with Gasteiger partial charge in [-0.05, 0) is 18.7 Å². The van der Waals surface area contributed by atoms with Crippen LogP contribution in [0, 0.1) is 11.2 Å². The van der Waals surface area contributed by atoms with Crippen molar-refractivity contribution in [1.82, 2.24) is 9.97 Å². The molecule has 3 heterocycles. The van der Waals surface area contributed by atoms with Gasteiger partial charge in [0.2, 0.25) is 5.88 Å². The van der Waals surface area contributed by atoms with Gasteiger partial charge in [0.15, 0.2) is 5.65 Å². The maximum absolute atomic E-state index is 12.4. The van der Waals surface area contributed by atoms with Crippen LogP contribution in [0.1, 0.15) is 0 Å². The zero-order chi connectivity index (χ0) is 19.8. The number of aromatic nitrogens is 2. The molecule has 142 valence electrons. The number of hydrogen-bond donors (Lipinski definition) is 0. The van der Waals surface area contributed by atoms with Crippen molar-refractivity contribution in [2.45, 2.75) is 18.1 Å². The van der Waals surface area contributed by atoms with Crippen molar-refractivity contribution in [2.24, 2.45) is 0 Å². The van der Waals surface area contributed by atoms with Gasteiger partial charge in [-0.15, -0.1) is 0 Å². The summed E-state index contributed by atoms with van der Waals surface area (Å²) in [5.74, 6) is 1.41. The van der Waals surface area contributed by atoms with Crippen molar-refractivity contribution in [2.75, 3.05) is 18.0 Å². The number of hydrogen-bond acceptors (Lipinski definition) is 7. The number of alkyl halides is 3. The van der Waals surface area contributed by atoms with Crippen molar-refractivity contribution < 1.29 is 25.8 Å². The summed E-state index contributed by atoms with van der Waals surface area (Å²) in [6.07, 6.45) is 2.88. The zero-order valence-corrected chi connectivity index (χ0v) is 15.1. The Balaban J connectivity index is 1.89. The third kappa shape index (κ3) is 4.04. The number of nitrogens with zero attached hydrogens (tertiary/aromatic N) is 4. The van der Waals surface area contributed by atoms with Gasteiger partial charge >= 0.3 is 15.6 Å². The van der Waals surface area contributed by atoms with Gasteiger partial charge in [-0.25, -0.2) is 10.2 Å². The van der Waals surface area contributed by atoms with E-state index in [1.54, 1.807) is 6.07 Å². The summed E-state index contributed by atoms with van der Waals surface area (Å²) in [6, 6.07) is 2.55. The summed E-state index contributed by atoms with van der Waals surface area (Å²) < 4.78 is 63.5. The summed E-state index contributed by atoms with van der Waals surface area (Å²) in [5.41, 5.74) is -4.91. The van der Waals surface area contributed by atoms with Gasteiger partial charge in [-0.2, -0.15) is 26.6 Å². The minimum absolute atomic E-state index is 0.00945. The predicted octanol–water partition coefficient (Wildman–Crippen LogP) is 2.89. The number of rotatable bonds is 3. The van der Waals surface area contributed by atoms with E-state index in [1.165, 1.54) is 6.20 Å². The molecule has 0 aliphatic carbocycles. The topological polar surface area (TPSA) is 96.2 Å². The highest BCUT2D eigenvalue weighted by molar-refractivity contribution is 7.87. The zero-order valence-electron chi connectivity index (χ0n) is 13.6. The maximum atomic E-state index is 12.4. The fourth-order valence-corrected chi connectivity index (χ4v) is 3.31. The van der Waals surface area contributed by atoms with Gasteiger partial charge in [0.25, 0.3) is 6.71 Å². The van der Waals surface area contributed by atoms with Gasteiger partial charge in [0, 0.05) is 30.5 Å². The number of halogens is 4. The van der Waals surface area contributed by atoms with E-state index in [-0.39, 0.29) is 17.4 Å². The van der Waals surface area contributed by atoms with Crippen LogP contribution >= 0.6 is 11.6 Å². The Hall–Kier alpha value is -2.26. The summed E-state index contributed by atoms with van der Waals surface area (Å²) in [5, 5.41) is 9.24. The molecule has 27 heavy (non-hydrogen) atoms. The number of fused-ring (bicyclic) bond motifs is 1. The highest BCUT2D eigenvalue weighted by Crippen LogP contribution is 2.32. The van der Waals surface area contributed by atoms with Crippen LogP contribution < -0.4 is 9.08 Å². The Kier molecular flexibility index (Phi) is 5.09. The Morgan fingerprint density at radius 1 is 1.30 bits per heavy atom. The highest BCUT2D eigenvalue weighted by atomic mass is 35.5. The largest absolute Gasteiger partial charge is 0.534 e. The van der Waals surface area contributed by atoms with Crippen LogP contribution in [0.2, 0.25) is 17.7 Å². The van der Waals surface area contributed by atoms with Gasteiger partial charge in [-0.3, -0.25) is 0 Å². The monoisotopic (exact) mass is 418 g/mol. The number of pyridine rings is 2. The van der Waals surface area contributed by atoms with Crippen LogP contribution in [-0.2, 0) is 10.1 Å². The molecule has 1 saturated heterocycles. The molecule has 0 radical (unpaired) electrons. The molecule has 2 aromatic rings. The van der Waals surface area contributed by atoms with Gasteiger partial charge in [0.05, 0.1) is 16.9 Å². The van der Waals surface area contributed by atoms with Crippen molar-refractivity contribution in [3.05, 3.63) is 23.4 Å². The molecule has 13 heteroatoms. The van der Waals surface area contributed by atoms with Crippen molar-refractivity contribution in [3.8, 4) is 11.8 Å². The average Bonchev–Trinajstić information content (AvgIpc) is 2.60. The van der Waals surface area contributed by atoms with Crippen LogP contribution in [0.3, 0.4) is 0 Å². The van der Waals surface area contributed by atoms with E-state index < -0.39 is 21.5 Å². The molecule has 1 aliphatic rings. The Labute approximate surface area is 157 Å². The Bertz CT molecular complexity index is 1020. The molecule has 0 amide bonds. The average molecular weight is 419 g/mol. The van der Waals surface area contributed by atoms with Crippen molar-refractivity contribution in [3.63, 3.8) is 0 Å². The normalized spacial score (nSPS) is 15.7. The fraction of sp³-hybridized carbons (Fsp3) is 0.357. The SMILES string of the molecule is N#CB1CCN(c2cnc3nc(OS(=O)(=O)C(F)(F)F)cc(Cl)c3c2)CC1. The van der Waals surface area contributed by atoms with Gasteiger partial charge < -0.3 is 9.08 Å². The van der Waals surface area contributed by atoms with E-state index in [2.05, 4.69) is 20.1 Å². The third-order valence-electron chi connectivity index (χ3n) is 4.10. The summed E-state index contributed by atoms with van der Waals surface area (Å²) in [4.78, 5) is 9.75. The van der Waals surface area contributed by atoms with Crippen molar-refractivity contribution in [1.29, 1.82) is 5.26 Å². The molecular formula is C14H11BClF3N4O3S. The molecule has 3 rings (SSSR count). The smallest absolute Gasteiger partial charge is 0.372 e. The van der Waals surface area contributed by atoms with Gasteiger partial charge in [0.1, 0.15) is 0 Å². The molecule has 0 unspecified atom stereocenters. The molecule has 0 bridgehead atoms. The summed E-state index contributed by atoms with van der Waals surface area (Å²) in [7, 11) is -5.85. The molecule has 2 aromatic heterocycles. The lowest BCUT2D eigenvalue weighted by Gasteiger charge is -2.29. The fourth-order valence-electron chi connectivity index (χ4n) is 2.68. The van der Waals surface area contributed by atoms with E-state index in [1.807, 2.05) is 4.90 Å². The Morgan fingerprint density at radius 2 is 1.96 bits per heavy atom. The van der Waals surface area contributed by atoms with Crippen molar-refractivity contribution >= 4 is 45.2 Å². The lowest BCUT2D eigenvalue weighted by Crippen LogP contribution is -2.36.